The Morgan fingerprint density at radius 2 is 0.520 bits per heavy atom. The van der Waals surface area contributed by atoms with Crippen molar-refractivity contribution in [3.05, 3.63) is 395 Å². The minimum Gasteiger partial charge on any atom is -0.309 e. The minimum absolute atomic E-state index is 0.239. The van der Waals surface area contributed by atoms with E-state index in [1.165, 1.54) is 143 Å². The Bertz CT molecular complexity index is 5650. The average molecular weight is 1250 g/mol. The predicted molar refractivity (Wildman–Crippen MR) is 411 cm³/mol. The molecule has 98 heavy (non-hydrogen) atoms. The van der Waals surface area contributed by atoms with Crippen LogP contribution in [0.1, 0.15) is 83.3 Å². The summed E-state index contributed by atoms with van der Waals surface area (Å²) in [4.78, 5) is 5.25. The lowest BCUT2D eigenvalue weighted by Crippen LogP contribution is -2.50. The first kappa shape index (κ1) is 56.5. The summed E-state index contributed by atoms with van der Waals surface area (Å²) >= 11 is 0. The summed E-state index contributed by atoms with van der Waals surface area (Å²) in [5, 5.41) is 9.54. The number of hydrogen-bond acceptors (Lipinski definition) is 2. The van der Waals surface area contributed by atoms with E-state index in [0.29, 0.717) is 0 Å². The van der Waals surface area contributed by atoms with Crippen LogP contribution in [0.3, 0.4) is 0 Å². The van der Waals surface area contributed by atoms with Gasteiger partial charge in [0, 0.05) is 43.7 Å². The molecule has 20 rings (SSSR count). The molecule has 462 valence electrons. The third kappa shape index (κ3) is 7.47. The molecule has 0 saturated carbocycles. The normalized spacial score (nSPS) is 16.8. The summed E-state index contributed by atoms with van der Waals surface area (Å²) in [6.45, 7) is 9.62. The van der Waals surface area contributed by atoms with Crippen LogP contribution in [0.2, 0.25) is 0 Å². The minimum atomic E-state index is -0.971. The van der Waals surface area contributed by atoms with E-state index in [4.69, 9.17) is 0 Å². The monoisotopic (exact) mass is 1250 g/mol. The molecule has 0 amide bonds. The van der Waals surface area contributed by atoms with Gasteiger partial charge < -0.3 is 9.80 Å². The van der Waals surface area contributed by atoms with Crippen molar-refractivity contribution in [2.24, 2.45) is 0 Å². The second-order valence-electron chi connectivity index (χ2n) is 28.5. The first-order valence-electron chi connectivity index (χ1n) is 34.7. The van der Waals surface area contributed by atoms with Crippen LogP contribution < -0.4 is 9.80 Å². The fraction of sp³-hybridized carbons (Fsp3) is 0.0833. The highest BCUT2D eigenvalue weighted by molar-refractivity contribution is 6.16. The van der Waals surface area contributed by atoms with Gasteiger partial charge in [0.15, 0.2) is 0 Å². The Morgan fingerprint density at radius 1 is 0.204 bits per heavy atom. The van der Waals surface area contributed by atoms with Crippen LogP contribution in [0.25, 0.3) is 87.6 Å². The Hall–Kier alpha value is -11.8. The number of benzene rings is 16. The molecule has 2 nitrogen and oxygen atoms in total. The maximum Gasteiger partial charge on any atom is 0.0642 e. The van der Waals surface area contributed by atoms with E-state index in [9.17, 15) is 0 Å². The highest BCUT2D eigenvalue weighted by atomic mass is 15.2. The second-order valence-corrected chi connectivity index (χ2v) is 28.5. The van der Waals surface area contributed by atoms with Gasteiger partial charge in [0.05, 0.1) is 33.6 Å². The third-order valence-electron chi connectivity index (χ3n) is 23.2. The molecular weight excluding hydrogens is 1180 g/mol. The number of anilines is 6. The average Bonchev–Trinajstić information content (AvgIpc) is 1.46. The standard InChI is InChI=1S/C96H68N2/c1-93(2)79-47-23-19-39-69(79)71-55-53-65(57-83(71)93)97(87-51-27-31-61-29-11-13-37-67(61)87)89-59-85-91(75-43-17-15-41-73(75)89)77-45-21-25-49-81(77)95(85,63-33-7-5-8-34-63)96(64-35-9-6-10-36-64)82-50-26-22-46-78(82)92-76-44-18-16-42-74(76)90(60-86(92)96)98(88-52-28-32-62-30-12-14-38-68(62)88)66-54-56-72-70-40-20-24-48-80(70)94(3,4)84(72)58-66/h5-60H,1-4H3. The molecule has 4 aliphatic carbocycles. The molecule has 0 N–H and O–H groups in total. The first-order valence-corrected chi connectivity index (χ1v) is 34.7. The molecule has 0 bridgehead atoms. The molecule has 0 radical (unpaired) electrons. The molecular formula is C96H68N2. The van der Waals surface area contributed by atoms with E-state index in [-0.39, 0.29) is 10.8 Å². The highest BCUT2D eigenvalue weighted by Crippen LogP contribution is 2.72. The van der Waals surface area contributed by atoms with Crippen LogP contribution in [0.4, 0.5) is 34.1 Å². The third-order valence-corrected chi connectivity index (χ3v) is 23.2. The maximum atomic E-state index is 2.67. The van der Waals surface area contributed by atoms with Crippen molar-refractivity contribution in [1.82, 2.24) is 0 Å². The smallest absolute Gasteiger partial charge is 0.0642 e. The molecule has 0 aliphatic heterocycles. The van der Waals surface area contributed by atoms with Crippen molar-refractivity contribution in [2.45, 2.75) is 49.4 Å². The zero-order valence-corrected chi connectivity index (χ0v) is 55.2. The quantitative estimate of drug-likeness (QED) is 0.142. The molecule has 16 aromatic rings. The summed E-state index contributed by atoms with van der Waals surface area (Å²) < 4.78 is 0. The van der Waals surface area contributed by atoms with Gasteiger partial charge >= 0.3 is 0 Å². The Kier molecular flexibility index (Phi) is 12.0. The SMILES string of the molecule is CC1(C)c2ccccc2-c2ccc(N(c3cccc4ccccc34)c3cc4c(c5ccccc35)-c3ccccc3C4(c3ccccc3)C3(c4ccccc4)c4ccccc4-c4c3cc(N(c3ccc5c(c3)C(C)(C)c3ccccc3-5)c3cccc5ccccc35)c3ccccc43)cc21. The maximum absolute atomic E-state index is 2.67. The molecule has 0 aromatic heterocycles. The zero-order chi connectivity index (χ0) is 65.2. The summed E-state index contributed by atoms with van der Waals surface area (Å²) in [5.74, 6) is 0. The van der Waals surface area contributed by atoms with Crippen molar-refractivity contribution >= 4 is 77.2 Å². The van der Waals surface area contributed by atoms with E-state index in [1.54, 1.807) is 0 Å². The van der Waals surface area contributed by atoms with Crippen molar-refractivity contribution < 1.29 is 0 Å². The van der Waals surface area contributed by atoms with Gasteiger partial charge in [-0.2, -0.15) is 0 Å². The van der Waals surface area contributed by atoms with Crippen molar-refractivity contribution in [2.75, 3.05) is 9.80 Å². The van der Waals surface area contributed by atoms with Crippen molar-refractivity contribution in [3.8, 4) is 44.5 Å². The van der Waals surface area contributed by atoms with Gasteiger partial charge in [0.2, 0.25) is 0 Å². The fourth-order valence-electron chi connectivity index (χ4n) is 19.1. The summed E-state index contributed by atoms with van der Waals surface area (Å²) in [6, 6.07) is 131. The second kappa shape index (κ2) is 20.8. The zero-order valence-electron chi connectivity index (χ0n) is 55.2. The molecule has 16 aromatic carbocycles. The predicted octanol–water partition coefficient (Wildman–Crippen LogP) is 25.2. The molecule has 2 atom stereocenters. The van der Waals surface area contributed by atoms with Crippen LogP contribution in [0.5, 0.6) is 0 Å². The van der Waals surface area contributed by atoms with Crippen LogP contribution in [-0.2, 0) is 21.7 Å². The number of hydrogen-bond donors (Lipinski definition) is 0. The lowest BCUT2D eigenvalue weighted by Gasteiger charge is -2.51. The van der Waals surface area contributed by atoms with Gasteiger partial charge in [-0.15, -0.1) is 0 Å². The summed E-state index contributed by atoms with van der Waals surface area (Å²) in [6.07, 6.45) is 0. The molecule has 2 unspecified atom stereocenters. The van der Waals surface area contributed by atoms with Crippen molar-refractivity contribution in [1.29, 1.82) is 0 Å². The highest BCUT2D eigenvalue weighted by Gasteiger charge is 2.65. The molecule has 2 heteroatoms. The van der Waals surface area contributed by atoms with Crippen LogP contribution >= 0.6 is 0 Å². The summed E-state index contributed by atoms with van der Waals surface area (Å²) in [5.41, 5.74) is 27.4. The molecule has 0 heterocycles. The van der Waals surface area contributed by atoms with Gasteiger partial charge in [0.25, 0.3) is 0 Å². The van der Waals surface area contributed by atoms with Gasteiger partial charge in [0.1, 0.15) is 0 Å². The van der Waals surface area contributed by atoms with E-state index < -0.39 is 10.8 Å². The van der Waals surface area contributed by atoms with Gasteiger partial charge in [-0.1, -0.05) is 319 Å². The number of fused-ring (bicyclic) bond motifs is 18. The fourth-order valence-corrected chi connectivity index (χ4v) is 19.1. The van der Waals surface area contributed by atoms with E-state index in [0.717, 1.165) is 34.1 Å². The lowest BCUT2D eigenvalue weighted by molar-refractivity contribution is 0.438. The van der Waals surface area contributed by atoms with Gasteiger partial charge in [-0.05, 0) is 170 Å². The Balaban J connectivity index is 0.950. The van der Waals surface area contributed by atoms with Crippen LogP contribution in [0.15, 0.2) is 340 Å². The van der Waals surface area contributed by atoms with Gasteiger partial charge in [-0.3, -0.25) is 0 Å². The van der Waals surface area contributed by atoms with E-state index in [2.05, 4.69) is 377 Å². The Labute approximate surface area is 572 Å². The van der Waals surface area contributed by atoms with Crippen LogP contribution in [-0.4, -0.2) is 0 Å². The number of rotatable bonds is 9. The number of nitrogens with zero attached hydrogens (tertiary/aromatic N) is 2. The summed E-state index contributed by atoms with van der Waals surface area (Å²) in [7, 11) is 0. The van der Waals surface area contributed by atoms with E-state index in [1.807, 2.05) is 0 Å². The molecule has 4 aliphatic rings. The topological polar surface area (TPSA) is 6.48 Å². The van der Waals surface area contributed by atoms with Crippen molar-refractivity contribution in [3.63, 3.8) is 0 Å². The molecule has 0 saturated heterocycles. The lowest BCUT2D eigenvalue weighted by atomic mass is 9.49. The van der Waals surface area contributed by atoms with E-state index >= 15 is 0 Å². The first-order chi connectivity index (χ1) is 48.2. The molecule has 0 fully saturated rings. The van der Waals surface area contributed by atoms with Crippen LogP contribution in [0, 0.1) is 0 Å². The van der Waals surface area contributed by atoms with Gasteiger partial charge in [-0.25, -0.2) is 0 Å². The Morgan fingerprint density at radius 3 is 0.939 bits per heavy atom. The molecule has 0 spiro atoms. The largest absolute Gasteiger partial charge is 0.309 e.